The van der Waals surface area contributed by atoms with Crippen LogP contribution in [0.1, 0.15) is 21.6 Å². The van der Waals surface area contributed by atoms with Crippen LogP contribution in [-0.4, -0.2) is 15.7 Å². The molecule has 34 heavy (non-hydrogen) atoms. The molecule has 1 heterocycles. The van der Waals surface area contributed by atoms with Gasteiger partial charge in [-0.3, -0.25) is 4.79 Å². The second-order valence-corrected chi connectivity index (χ2v) is 8.33. The van der Waals surface area contributed by atoms with Crippen molar-refractivity contribution in [2.24, 2.45) is 0 Å². The lowest BCUT2D eigenvalue weighted by Crippen LogP contribution is -2.14. The van der Waals surface area contributed by atoms with Crippen molar-refractivity contribution in [2.75, 3.05) is 5.32 Å². The lowest BCUT2D eigenvalue weighted by atomic mass is 10.0. The van der Waals surface area contributed by atoms with Crippen LogP contribution in [0.15, 0.2) is 109 Å². The highest BCUT2D eigenvalue weighted by atomic mass is 16.2. The van der Waals surface area contributed by atoms with Gasteiger partial charge in [0.1, 0.15) is 0 Å². The molecule has 5 rings (SSSR count). The Morgan fingerprint density at radius 2 is 1.26 bits per heavy atom. The predicted octanol–water partition coefficient (Wildman–Crippen LogP) is 7.08. The Morgan fingerprint density at radius 3 is 1.97 bits per heavy atom. The maximum atomic E-state index is 13.1. The smallest absolute Gasteiger partial charge is 0.276 e. The fourth-order valence-corrected chi connectivity index (χ4v) is 4.05. The third-order valence-electron chi connectivity index (χ3n) is 5.97. The lowest BCUT2D eigenvalue weighted by molar-refractivity contribution is 0.102. The van der Waals surface area contributed by atoms with Crippen molar-refractivity contribution in [3.63, 3.8) is 0 Å². The number of aromatic nitrogens is 2. The molecule has 1 amide bonds. The summed E-state index contributed by atoms with van der Waals surface area (Å²) in [5, 5.41) is 7.73. The quantitative estimate of drug-likeness (QED) is 0.316. The van der Waals surface area contributed by atoms with Crippen LogP contribution >= 0.6 is 0 Å². The SMILES string of the molecule is Cc1ccccc1NC(=O)c1cc(-c2ccc(-c3ccccc3)cc2)n(-c2ccccc2C)n1. The number of amides is 1. The van der Waals surface area contributed by atoms with Gasteiger partial charge in [0.15, 0.2) is 5.69 Å². The monoisotopic (exact) mass is 443 g/mol. The summed E-state index contributed by atoms with van der Waals surface area (Å²) in [6.07, 6.45) is 0. The van der Waals surface area contributed by atoms with Crippen LogP contribution in [0.3, 0.4) is 0 Å². The number of benzene rings is 4. The van der Waals surface area contributed by atoms with E-state index in [0.29, 0.717) is 5.69 Å². The number of aryl methyl sites for hydroxylation is 2. The largest absolute Gasteiger partial charge is 0.320 e. The van der Waals surface area contributed by atoms with Gasteiger partial charge in [-0.15, -0.1) is 0 Å². The number of para-hydroxylation sites is 2. The highest BCUT2D eigenvalue weighted by Gasteiger charge is 2.18. The summed E-state index contributed by atoms with van der Waals surface area (Å²) in [4.78, 5) is 13.1. The van der Waals surface area contributed by atoms with Crippen LogP contribution in [0.4, 0.5) is 5.69 Å². The molecule has 4 aromatic carbocycles. The summed E-state index contributed by atoms with van der Waals surface area (Å²) in [5.74, 6) is -0.233. The number of nitrogens with one attached hydrogen (secondary N) is 1. The molecule has 0 atom stereocenters. The van der Waals surface area contributed by atoms with Crippen LogP contribution < -0.4 is 5.32 Å². The first-order valence-electron chi connectivity index (χ1n) is 11.3. The Morgan fingerprint density at radius 1 is 0.676 bits per heavy atom. The van der Waals surface area contributed by atoms with E-state index in [-0.39, 0.29) is 5.91 Å². The highest BCUT2D eigenvalue weighted by molar-refractivity contribution is 6.04. The topological polar surface area (TPSA) is 46.9 Å². The first-order valence-corrected chi connectivity index (χ1v) is 11.3. The Labute approximate surface area is 199 Å². The van der Waals surface area contributed by atoms with Crippen molar-refractivity contribution in [1.29, 1.82) is 0 Å². The van der Waals surface area contributed by atoms with Crippen LogP contribution in [0.25, 0.3) is 28.1 Å². The van der Waals surface area contributed by atoms with E-state index in [1.807, 2.05) is 91.3 Å². The number of hydrogen-bond donors (Lipinski definition) is 1. The number of hydrogen-bond acceptors (Lipinski definition) is 2. The molecule has 0 spiro atoms. The van der Waals surface area contributed by atoms with Gasteiger partial charge in [0.2, 0.25) is 0 Å². The van der Waals surface area contributed by atoms with E-state index in [0.717, 1.165) is 39.3 Å². The molecule has 0 fully saturated rings. The van der Waals surface area contributed by atoms with E-state index in [4.69, 9.17) is 5.10 Å². The van der Waals surface area contributed by atoms with Gasteiger partial charge >= 0.3 is 0 Å². The zero-order valence-electron chi connectivity index (χ0n) is 19.2. The summed E-state index contributed by atoms with van der Waals surface area (Å²) in [6.45, 7) is 4.02. The molecule has 0 aliphatic heterocycles. The second-order valence-electron chi connectivity index (χ2n) is 8.33. The van der Waals surface area contributed by atoms with E-state index in [9.17, 15) is 4.79 Å². The average Bonchev–Trinajstić information content (AvgIpc) is 3.32. The van der Waals surface area contributed by atoms with Gasteiger partial charge in [0.05, 0.1) is 11.4 Å². The van der Waals surface area contributed by atoms with Gasteiger partial charge < -0.3 is 5.32 Å². The van der Waals surface area contributed by atoms with E-state index in [1.54, 1.807) is 0 Å². The first kappa shape index (κ1) is 21.4. The fourth-order valence-electron chi connectivity index (χ4n) is 4.05. The molecule has 4 nitrogen and oxygen atoms in total. The number of carbonyl (C=O) groups excluding carboxylic acids is 1. The van der Waals surface area contributed by atoms with Crippen LogP contribution in [-0.2, 0) is 0 Å². The zero-order chi connectivity index (χ0) is 23.5. The van der Waals surface area contributed by atoms with Crippen molar-refractivity contribution in [2.45, 2.75) is 13.8 Å². The van der Waals surface area contributed by atoms with Gasteiger partial charge in [0.25, 0.3) is 5.91 Å². The summed E-state index contributed by atoms with van der Waals surface area (Å²) in [6, 6.07) is 36.3. The van der Waals surface area contributed by atoms with Crippen molar-refractivity contribution < 1.29 is 4.79 Å². The van der Waals surface area contributed by atoms with Crippen LogP contribution in [0.2, 0.25) is 0 Å². The summed E-state index contributed by atoms with van der Waals surface area (Å²) < 4.78 is 1.86. The van der Waals surface area contributed by atoms with E-state index < -0.39 is 0 Å². The molecule has 0 unspecified atom stereocenters. The Bertz CT molecular complexity index is 1450. The minimum atomic E-state index is -0.233. The molecule has 5 aromatic rings. The van der Waals surface area contributed by atoms with E-state index in [1.165, 1.54) is 5.56 Å². The number of carbonyl (C=O) groups is 1. The van der Waals surface area contributed by atoms with Gasteiger partial charge in [-0.2, -0.15) is 5.10 Å². The molecule has 0 aliphatic carbocycles. The fraction of sp³-hybridized carbons (Fsp3) is 0.0667. The Hall–Kier alpha value is -4.44. The number of rotatable bonds is 5. The maximum Gasteiger partial charge on any atom is 0.276 e. The molecule has 4 heteroatoms. The van der Waals surface area contributed by atoms with Crippen molar-refractivity contribution in [3.8, 4) is 28.1 Å². The molecule has 0 aliphatic rings. The minimum Gasteiger partial charge on any atom is -0.320 e. The van der Waals surface area contributed by atoms with Crippen molar-refractivity contribution in [1.82, 2.24) is 9.78 Å². The lowest BCUT2D eigenvalue weighted by Gasteiger charge is -2.11. The highest BCUT2D eigenvalue weighted by Crippen LogP contribution is 2.29. The second kappa shape index (κ2) is 9.20. The Balaban J connectivity index is 1.56. The minimum absolute atomic E-state index is 0.233. The molecule has 0 saturated heterocycles. The summed E-state index contributed by atoms with van der Waals surface area (Å²) in [5.41, 5.74) is 8.35. The molecule has 1 N–H and O–H groups in total. The third kappa shape index (κ3) is 4.26. The molecule has 0 bridgehead atoms. The summed E-state index contributed by atoms with van der Waals surface area (Å²) >= 11 is 0. The van der Waals surface area contributed by atoms with E-state index >= 15 is 0 Å². The first-order chi connectivity index (χ1) is 16.6. The van der Waals surface area contributed by atoms with Crippen LogP contribution in [0.5, 0.6) is 0 Å². The third-order valence-corrected chi connectivity index (χ3v) is 5.97. The number of nitrogens with zero attached hydrogens (tertiary/aromatic N) is 2. The molecule has 1 aromatic heterocycles. The van der Waals surface area contributed by atoms with E-state index in [2.05, 4.69) is 41.7 Å². The van der Waals surface area contributed by atoms with Gasteiger partial charge in [0, 0.05) is 11.3 Å². The Kier molecular flexibility index (Phi) is 5.79. The molecule has 166 valence electrons. The normalized spacial score (nSPS) is 10.8. The molecular weight excluding hydrogens is 418 g/mol. The summed E-state index contributed by atoms with van der Waals surface area (Å²) in [7, 11) is 0. The zero-order valence-corrected chi connectivity index (χ0v) is 19.2. The van der Waals surface area contributed by atoms with Gasteiger partial charge in [-0.05, 0) is 54.3 Å². The molecule has 0 saturated carbocycles. The van der Waals surface area contributed by atoms with Crippen LogP contribution in [0, 0.1) is 13.8 Å². The molecular formula is C30H25N3O. The predicted molar refractivity (Wildman–Crippen MR) is 138 cm³/mol. The average molecular weight is 444 g/mol. The number of anilines is 1. The van der Waals surface area contributed by atoms with Crippen molar-refractivity contribution in [3.05, 3.63) is 126 Å². The maximum absolute atomic E-state index is 13.1. The van der Waals surface area contributed by atoms with Crippen molar-refractivity contribution >= 4 is 11.6 Å². The van der Waals surface area contributed by atoms with Gasteiger partial charge in [-0.1, -0.05) is 91.0 Å². The molecule has 0 radical (unpaired) electrons. The standard InChI is InChI=1S/C30H25N3O/c1-21-10-6-8-14-26(21)31-30(34)27-20-29(33(32-27)28-15-9-7-11-22(28)2)25-18-16-24(17-19-25)23-12-4-3-5-13-23/h3-20H,1-2H3,(H,31,34). The van der Waals surface area contributed by atoms with Gasteiger partial charge in [-0.25, -0.2) is 4.68 Å².